The van der Waals surface area contributed by atoms with Crippen molar-refractivity contribution in [2.24, 2.45) is 0 Å². The maximum atomic E-state index is 12.6. The third-order valence-corrected chi connectivity index (χ3v) is 8.84. The summed E-state index contributed by atoms with van der Waals surface area (Å²) in [7, 11) is -0.499. The topological polar surface area (TPSA) is 123 Å². The molecule has 1 fully saturated rings. The number of rotatable bonds is 11. The Morgan fingerprint density at radius 3 is 2.00 bits per heavy atom. The van der Waals surface area contributed by atoms with Crippen LogP contribution in [0.25, 0.3) is 11.1 Å². The molecule has 5 rings (SSSR count). The molecular formula is C34H39BN2O7. The van der Waals surface area contributed by atoms with Gasteiger partial charge in [-0.25, -0.2) is 9.59 Å². The van der Waals surface area contributed by atoms with E-state index in [4.69, 9.17) is 14.0 Å². The highest BCUT2D eigenvalue weighted by Gasteiger charge is 2.51. The normalized spacial score (nSPS) is 17.0. The molecule has 3 aromatic rings. The van der Waals surface area contributed by atoms with Crippen molar-refractivity contribution >= 4 is 30.6 Å². The summed E-state index contributed by atoms with van der Waals surface area (Å²) in [6.07, 6.45) is 0.477. The summed E-state index contributed by atoms with van der Waals surface area (Å²) >= 11 is 0. The van der Waals surface area contributed by atoms with E-state index in [1.807, 2.05) is 76.2 Å². The van der Waals surface area contributed by atoms with Gasteiger partial charge in [0.1, 0.15) is 12.6 Å². The van der Waals surface area contributed by atoms with Gasteiger partial charge in [-0.1, -0.05) is 60.7 Å². The van der Waals surface area contributed by atoms with E-state index in [9.17, 15) is 19.5 Å². The monoisotopic (exact) mass is 598 g/mol. The average Bonchev–Trinajstić information content (AvgIpc) is 3.43. The summed E-state index contributed by atoms with van der Waals surface area (Å²) in [4.78, 5) is 37.0. The Hall–Kier alpha value is -4.15. The Balaban J connectivity index is 1.04. The molecule has 0 saturated carbocycles. The number of carboxylic acids is 1. The van der Waals surface area contributed by atoms with E-state index in [0.717, 1.165) is 27.7 Å². The molecule has 1 aliphatic heterocycles. The van der Waals surface area contributed by atoms with E-state index in [0.29, 0.717) is 24.9 Å². The van der Waals surface area contributed by atoms with E-state index >= 15 is 0 Å². The molecule has 10 heteroatoms. The lowest BCUT2D eigenvalue weighted by Crippen LogP contribution is -2.41. The lowest BCUT2D eigenvalue weighted by Gasteiger charge is -2.32. The first-order valence-corrected chi connectivity index (χ1v) is 15.0. The van der Waals surface area contributed by atoms with Crippen LogP contribution >= 0.6 is 0 Å². The summed E-state index contributed by atoms with van der Waals surface area (Å²) in [5.74, 6) is -1.47. The van der Waals surface area contributed by atoms with Crippen LogP contribution in [0.2, 0.25) is 0 Å². The Morgan fingerprint density at radius 2 is 1.43 bits per heavy atom. The van der Waals surface area contributed by atoms with Crippen molar-refractivity contribution in [1.29, 1.82) is 0 Å². The van der Waals surface area contributed by atoms with Crippen LogP contribution in [0.15, 0.2) is 72.8 Å². The van der Waals surface area contributed by atoms with Crippen molar-refractivity contribution in [3.8, 4) is 11.1 Å². The predicted molar refractivity (Wildman–Crippen MR) is 168 cm³/mol. The highest BCUT2D eigenvalue weighted by molar-refractivity contribution is 6.62. The molecule has 2 amide bonds. The zero-order chi connectivity index (χ0) is 31.5. The largest absolute Gasteiger partial charge is 0.494 e. The number of ether oxygens (including phenoxy) is 1. The fourth-order valence-electron chi connectivity index (χ4n) is 5.59. The third kappa shape index (κ3) is 6.66. The van der Waals surface area contributed by atoms with Crippen molar-refractivity contribution in [3.05, 3.63) is 89.5 Å². The second-order valence-electron chi connectivity index (χ2n) is 12.3. The van der Waals surface area contributed by atoms with Crippen molar-refractivity contribution in [2.45, 2.75) is 70.1 Å². The van der Waals surface area contributed by atoms with E-state index in [-0.39, 0.29) is 24.9 Å². The molecule has 3 N–H and O–H groups in total. The maximum Gasteiger partial charge on any atom is 0.494 e. The molecule has 0 radical (unpaired) electrons. The van der Waals surface area contributed by atoms with Gasteiger partial charge in [-0.3, -0.25) is 4.79 Å². The summed E-state index contributed by atoms with van der Waals surface area (Å²) in [5, 5.41) is 15.0. The van der Waals surface area contributed by atoms with Crippen LogP contribution in [0, 0.1) is 0 Å². The van der Waals surface area contributed by atoms with Gasteiger partial charge in [0.25, 0.3) is 5.91 Å². The molecule has 9 nitrogen and oxygen atoms in total. The first-order valence-electron chi connectivity index (χ1n) is 15.0. The van der Waals surface area contributed by atoms with E-state index in [1.54, 1.807) is 12.1 Å². The number of fused-ring (bicyclic) bond motifs is 3. The van der Waals surface area contributed by atoms with Crippen LogP contribution < -0.4 is 16.1 Å². The molecule has 0 unspecified atom stereocenters. The van der Waals surface area contributed by atoms with Crippen LogP contribution in [0.5, 0.6) is 0 Å². The number of benzene rings is 3. The van der Waals surface area contributed by atoms with Gasteiger partial charge in [0, 0.05) is 18.0 Å². The highest BCUT2D eigenvalue weighted by atomic mass is 16.7. The molecule has 2 aliphatic rings. The van der Waals surface area contributed by atoms with Crippen LogP contribution in [-0.2, 0) is 18.8 Å². The fourth-order valence-corrected chi connectivity index (χ4v) is 5.59. The maximum absolute atomic E-state index is 12.6. The van der Waals surface area contributed by atoms with Gasteiger partial charge in [-0.2, -0.15) is 0 Å². The van der Waals surface area contributed by atoms with Crippen molar-refractivity contribution in [1.82, 2.24) is 10.6 Å². The Morgan fingerprint density at radius 1 is 0.864 bits per heavy atom. The smallest absolute Gasteiger partial charge is 0.480 e. The van der Waals surface area contributed by atoms with E-state index in [1.165, 1.54) is 0 Å². The number of carboxylic acid groups (broad SMARTS) is 1. The van der Waals surface area contributed by atoms with Crippen molar-refractivity contribution in [3.63, 3.8) is 0 Å². The number of unbranched alkanes of at least 4 members (excludes halogenated alkanes) is 1. The van der Waals surface area contributed by atoms with Crippen molar-refractivity contribution < 1.29 is 33.5 Å². The number of carbonyl (C=O) groups is 3. The predicted octanol–water partition coefficient (Wildman–Crippen LogP) is 4.88. The summed E-state index contributed by atoms with van der Waals surface area (Å²) < 4.78 is 17.6. The number of amides is 2. The van der Waals surface area contributed by atoms with E-state index < -0.39 is 36.4 Å². The second-order valence-corrected chi connectivity index (χ2v) is 12.3. The minimum Gasteiger partial charge on any atom is -0.480 e. The molecule has 1 atom stereocenters. The standard InChI is InChI=1S/C34H39BN2O7/c1-33(2)34(3,4)44-35(43-33)23-18-16-22(17-19-23)30(38)36-20-10-9-15-29(31(39)40)37-32(41)42-21-28-26-13-7-5-11-24(26)25-12-6-8-14-27(25)28/h5-8,11-14,16-19,28-29H,9-10,15,20-21H2,1-4H3,(H,36,38)(H,37,41)(H,39,40)/t29-/m0/s1. The molecule has 230 valence electrons. The zero-order valence-corrected chi connectivity index (χ0v) is 25.6. The highest BCUT2D eigenvalue weighted by Crippen LogP contribution is 2.44. The molecule has 44 heavy (non-hydrogen) atoms. The SMILES string of the molecule is CC1(C)OB(c2ccc(C(=O)NCCCC[C@H](NC(=O)OCC3c4ccccc4-c4ccccc43)C(=O)O)cc2)OC1(C)C. The lowest BCUT2D eigenvalue weighted by molar-refractivity contribution is -0.139. The number of carbonyl (C=O) groups excluding carboxylic acids is 2. The minimum atomic E-state index is -1.13. The van der Waals surface area contributed by atoms with Gasteiger partial charge in [0.05, 0.1) is 11.2 Å². The van der Waals surface area contributed by atoms with E-state index in [2.05, 4.69) is 22.8 Å². The first kappa shape index (κ1) is 31.3. The number of alkyl carbamates (subject to hydrolysis) is 1. The second kappa shape index (κ2) is 12.8. The number of hydrogen-bond acceptors (Lipinski definition) is 6. The number of hydrogen-bond donors (Lipinski definition) is 3. The molecule has 0 aromatic heterocycles. The summed E-state index contributed by atoms with van der Waals surface area (Å²) in [6, 6.07) is 22.0. The molecule has 1 heterocycles. The van der Waals surface area contributed by atoms with Crippen LogP contribution in [0.3, 0.4) is 0 Å². The van der Waals surface area contributed by atoms with Gasteiger partial charge in [-0.05, 0) is 86.8 Å². The quantitative estimate of drug-likeness (QED) is 0.213. The number of nitrogens with one attached hydrogen (secondary N) is 2. The summed E-state index contributed by atoms with van der Waals surface area (Å²) in [6.45, 7) is 8.44. The molecule has 1 aliphatic carbocycles. The first-order chi connectivity index (χ1) is 21.0. The molecule has 3 aromatic carbocycles. The Kier molecular flexibility index (Phi) is 9.13. The lowest BCUT2D eigenvalue weighted by atomic mass is 9.79. The third-order valence-electron chi connectivity index (χ3n) is 8.84. The van der Waals surface area contributed by atoms with Gasteiger partial charge >= 0.3 is 19.2 Å². The van der Waals surface area contributed by atoms with Crippen LogP contribution in [0.1, 0.15) is 74.4 Å². The van der Waals surface area contributed by atoms with Gasteiger partial charge in [0.2, 0.25) is 0 Å². The van der Waals surface area contributed by atoms with Crippen LogP contribution in [0.4, 0.5) is 4.79 Å². The van der Waals surface area contributed by atoms with Gasteiger partial charge < -0.3 is 29.8 Å². The molecule has 0 spiro atoms. The van der Waals surface area contributed by atoms with Gasteiger partial charge in [-0.15, -0.1) is 0 Å². The summed E-state index contributed by atoms with van der Waals surface area (Å²) in [5.41, 5.74) is 4.85. The average molecular weight is 599 g/mol. The number of aliphatic carboxylic acids is 1. The van der Waals surface area contributed by atoms with Gasteiger partial charge in [0.15, 0.2) is 0 Å². The van der Waals surface area contributed by atoms with Crippen molar-refractivity contribution in [2.75, 3.05) is 13.2 Å². The molecule has 0 bridgehead atoms. The molecule has 1 saturated heterocycles. The van der Waals surface area contributed by atoms with Crippen LogP contribution in [-0.4, -0.2) is 60.6 Å². The fraction of sp³-hybridized carbons (Fsp3) is 0.382. The molecular weight excluding hydrogens is 559 g/mol. The minimum absolute atomic E-state index is 0.107. The Labute approximate surface area is 258 Å². The zero-order valence-electron chi connectivity index (χ0n) is 25.6. The Bertz CT molecular complexity index is 1460.